The van der Waals surface area contributed by atoms with Crippen LogP contribution in [0.3, 0.4) is 0 Å². The summed E-state index contributed by atoms with van der Waals surface area (Å²) in [5.41, 5.74) is 0. The van der Waals surface area contributed by atoms with E-state index >= 15 is 0 Å². The zero-order chi connectivity index (χ0) is 13.9. The van der Waals surface area contributed by atoms with Gasteiger partial charge in [-0.15, -0.1) is 0 Å². The van der Waals surface area contributed by atoms with Crippen LogP contribution in [0.1, 0.15) is 25.7 Å². The number of aliphatic hydroxyl groups is 1. The van der Waals surface area contributed by atoms with E-state index in [1.165, 1.54) is 18.2 Å². The van der Waals surface area contributed by atoms with E-state index in [0.29, 0.717) is 6.42 Å². The molecule has 0 saturated heterocycles. The molecular formula is C13H18FNO3S. The Bertz CT molecular complexity index is 532. The fraction of sp³-hybridized carbons (Fsp3) is 0.538. The summed E-state index contributed by atoms with van der Waals surface area (Å²) >= 11 is 0. The first-order valence-corrected chi connectivity index (χ1v) is 7.91. The van der Waals surface area contributed by atoms with Crippen molar-refractivity contribution >= 4 is 10.0 Å². The van der Waals surface area contributed by atoms with Crippen molar-refractivity contribution in [3.63, 3.8) is 0 Å². The number of hydrogen-bond donors (Lipinski definition) is 2. The average Bonchev–Trinajstić information content (AvgIpc) is 2.38. The highest BCUT2D eigenvalue weighted by molar-refractivity contribution is 7.89. The van der Waals surface area contributed by atoms with E-state index in [-0.39, 0.29) is 17.4 Å². The van der Waals surface area contributed by atoms with Gasteiger partial charge in [-0.3, -0.25) is 0 Å². The van der Waals surface area contributed by atoms with Gasteiger partial charge >= 0.3 is 0 Å². The van der Waals surface area contributed by atoms with Gasteiger partial charge in [0.15, 0.2) is 0 Å². The number of sulfonamides is 1. The maximum Gasteiger partial charge on any atom is 0.243 e. The lowest BCUT2D eigenvalue weighted by molar-refractivity contribution is 0.0724. The van der Waals surface area contributed by atoms with Crippen molar-refractivity contribution in [2.24, 2.45) is 5.92 Å². The van der Waals surface area contributed by atoms with Crippen molar-refractivity contribution in [2.45, 2.75) is 36.7 Å². The first-order chi connectivity index (χ1) is 9.00. The molecule has 1 aliphatic carbocycles. The highest BCUT2D eigenvalue weighted by Crippen LogP contribution is 2.24. The van der Waals surface area contributed by atoms with Crippen LogP contribution in [0.5, 0.6) is 0 Å². The molecule has 1 fully saturated rings. The summed E-state index contributed by atoms with van der Waals surface area (Å²) in [6.07, 6.45) is 2.98. The van der Waals surface area contributed by atoms with E-state index in [4.69, 9.17) is 0 Å². The summed E-state index contributed by atoms with van der Waals surface area (Å²) in [6, 6.07) is 5.27. The van der Waals surface area contributed by atoms with Gasteiger partial charge in [-0.05, 0) is 30.9 Å². The van der Waals surface area contributed by atoms with Crippen LogP contribution in [0.4, 0.5) is 4.39 Å². The van der Waals surface area contributed by atoms with Gasteiger partial charge in [-0.2, -0.15) is 0 Å². The molecule has 2 rings (SSSR count). The predicted molar refractivity (Wildman–Crippen MR) is 69.6 cm³/mol. The van der Waals surface area contributed by atoms with Crippen LogP contribution < -0.4 is 4.72 Å². The lowest BCUT2D eigenvalue weighted by Crippen LogP contribution is -2.36. The summed E-state index contributed by atoms with van der Waals surface area (Å²) in [6.45, 7) is 0.151. The average molecular weight is 287 g/mol. The Morgan fingerprint density at radius 2 is 1.95 bits per heavy atom. The molecule has 0 aliphatic heterocycles. The van der Waals surface area contributed by atoms with Gasteiger partial charge in [0.2, 0.25) is 10.0 Å². The molecule has 2 unspecified atom stereocenters. The summed E-state index contributed by atoms with van der Waals surface area (Å²) < 4.78 is 39.8. The van der Waals surface area contributed by atoms with Crippen molar-refractivity contribution < 1.29 is 17.9 Å². The molecule has 19 heavy (non-hydrogen) atoms. The Balaban J connectivity index is 2.04. The molecule has 2 atom stereocenters. The molecule has 106 valence electrons. The molecule has 4 nitrogen and oxygen atoms in total. The quantitative estimate of drug-likeness (QED) is 0.885. The lowest BCUT2D eigenvalue weighted by Gasteiger charge is -2.27. The zero-order valence-electron chi connectivity index (χ0n) is 10.5. The Morgan fingerprint density at radius 1 is 1.26 bits per heavy atom. The van der Waals surface area contributed by atoms with E-state index in [1.807, 2.05) is 0 Å². The van der Waals surface area contributed by atoms with Crippen molar-refractivity contribution in [2.75, 3.05) is 6.54 Å². The number of halogens is 1. The Morgan fingerprint density at radius 3 is 2.63 bits per heavy atom. The number of nitrogens with one attached hydrogen (secondary N) is 1. The third-order valence-electron chi connectivity index (χ3n) is 3.53. The molecule has 0 heterocycles. The third kappa shape index (κ3) is 3.52. The maximum absolute atomic E-state index is 13.5. The highest BCUT2D eigenvalue weighted by atomic mass is 32.2. The fourth-order valence-electron chi connectivity index (χ4n) is 2.38. The van der Waals surface area contributed by atoms with Crippen LogP contribution in [0, 0.1) is 11.7 Å². The Hall–Kier alpha value is -0.980. The molecule has 2 N–H and O–H groups in total. The van der Waals surface area contributed by atoms with E-state index in [2.05, 4.69) is 4.72 Å². The van der Waals surface area contributed by atoms with Crippen LogP contribution in [0.25, 0.3) is 0 Å². The topological polar surface area (TPSA) is 66.4 Å². The summed E-state index contributed by atoms with van der Waals surface area (Å²) in [5.74, 6) is -0.852. The lowest BCUT2D eigenvalue weighted by atomic mass is 9.87. The summed E-state index contributed by atoms with van der Waals surface area (Å²) in [5, 5.41) is 9.78. The van der Waals surface area contributed by atoms with Crippen LogP contribution in [-0.4, -0.2) is 26.2 Å². The predicted octanol–water partition coefficient (Wildman–Crippen LogP) is 1.66. The van der Waals surface area contributed by atoms with Gasteiger partial charge in [0, 0.05) is 6.54 Å². The Kier molecular flexibility index (Phi) is 4.54. The van der Waals surface area contributed by atoms with Gasteiger partial charge in [0.1, 0.15) is 10.7 Å². The second-order valence-electron chi connectivity index (χ2n) is 4.89. The largest absolute Gasteiger partial charge is 0.393 e. The zero-order valence-corrected chi connectivity index (χ0v) is 11.4. The SMILES string of the molecule is O=S(=O)(NCC1CCCCC1O)c1ccccc1F. The number of rotatable bonds is 4. The first kappa shape index (κ1) is 14.4. The molecule has 1 aliphatic rings. The van der Waals surface area contributed by atoms with Gasteiger partial charge < -0.3 is 5.11 Å². The van der Waals surface area contributed by atoms with Crippen LogP contribution in [0.15, 0.2) is 29.2 Å². The van der Waals surface area contributed by atoms with Crippen molar-refractivity contribution in [3.05, 3.63) is 30.1 Å². The minimum absolute atomic E-state index is 0.0877. The monoisotopic (exact) mass is 287 g/mol. The van der Waals surface area contributed by atoms with Crippen molar-refractivity contribution in [1.82, 2.24) is 4.72 Å². The standard InChI is InChI=1S/C13H18FNO3S/c14-11-6-2-4-8-13(11)19(17,18)15-9-10-5-1-3-7-12(10)16/h2,4,6,8,10,12,15-16H,1,3,5,7,9H2. The second-order valence-corrected chi connectivity index (χ2v) is 6.63. The van der Waals surface area contributed by atoms with E-state index in [9.17, 15) is 17.9 Å². The van der Waals surface area contributed by atoms with Gasteiger partial charge in [0.25, 0.3) is 0 Å². The molecule has 1 aromatic rings. The molecular weight excluding hydrogens is 269 g/mol. The number of aliphatic hydroxyl groups excluding tert-OH is 1. The summed E-state index contributed by atoms with van der Waals surface area (Å²) in [7, 11) is -3.85. The normalized spacial score (nSPS) is 24.3. The van der Waals surface area contributed by atoms with Gasteiger partial charge in [-0.1, -0.05) is 25.0 Å². The molecule has 1 aromatic carbocycles. The van der Waals surface area contributed by atoms with Gasteiger partial charge in [-0.25, -0.2) is 17.5 Å². The van der Waals surface area contributed by atoms with Crippen LogP contribution in [0.2, 0.25) is 0 Å². The minimum Gasteiger partial charge on any atom is -0.393 e. The van der Waals surface area contributed by atoms with Gasteiger partial charge in [0.05, 0.1) is 6.10 Å². The molecule has 0 aromatic heterocycles. The maximum atomic E-state index is 13.5. The van der Waals surface area contributed by atoms with E-state index in [0.717, 1.165) is 25.3 Å². The highest BCUT2D eigenvalue weighted by Gasteiger charge is 2.26. The number of benzene rings is 1. The molecule has 1 saturated carbocycles. The smallest absolute Gasteiger partial charge is 0.243 e. The Labute approximate surface area is 112 Å². The minimum atomic E-state index is -3.85. The summed E-state index contributed by atoms with van der Waals surface area (Å²) in [4.78, 5) is -0.347. The van der Waals surface area contributed by atoms with Crippen LogP contribution in [-0.2, 0) is 10.0 Å². The van der Waals surface area contributed by atoms with Crippen LogP contribution >= 0.6 is 0 Å². The molecule has 0 radical (unpaired) electrons. The molecule has 0 spiro atoms. The molecule has 0 bridgehead atoms. The fourth-order valence-corrected chi connectivity index (χ4v) is 3.55. The van der Waals surface area contributed by atoms with Crippen molar-refractivity contribution in [1.29, 1.82) is 0 Å². The van der Waals surface area contributed by atoms with E-state index < -0.39 is 21.9 Å². The van der Waals surface area contributed by atoms with Crippen molar-refractivity contribution in [3.8, 4) is 0 Å². The second kappa shape index (κ2) is 5.98. The van der Waals surface area contributed by atoms with E-state index in [1.54, 1.807) is 0 Å². The molecule has 6 heteroatoms. The first-order valence-electron chi connectivity index (χ1n) is 6.43. The third-order valence-corrected chi connectivity index (χ3v) is 4.99. The number of hydrogen-bond acceptors (Lipinski definition) is 3. The molecule has 0 amide bonds.